The number of aryl methyl sites for hydroxylation is 1. The zero-order valence-corrected chi connectivity index (χ0v) is 19.1. The Morgan fingerprint density at radius 1 is 1.10 bits per heavy atom. The van der Waals surface area contributed by atoms with Crippen molar-refractivity contribution in [2.45, 2.75) is 64.8 Å². The van der Waals surface area contributed by atoms with E-state index in [1.165, 1.54) is 5.56 Å². The molecule has 1 aromatic heterocycles. The van der Waals surface area contributed by atoms with Crippen LogP contribution in [0.15, 0.2) is 40.8 Å². The van der Waals surface area contributed by atoms with Crippen LogP contribution in [0.5, 0.6) is 5.75 Å². The van der Waals surface area contributed by atoms with Crippen molar-refractivity contribution in [3.8, 4) is 5.75 Å². The topological polar surface area (TPSA) is 71.8 Å². The molecule has 1 fully saturated rings. The van der Waals surface area contributed by atoms with E-state index in [4.69, 9.17) is 9.15 Å². The molecule has 6 heteroatoms. The Bertz CT molecular complexity index is 872. The summed E-state index contributed by atoms with van der Waals surface area (Å²) < 4.78 is 11.2. The molecule has 0 saturated carbocycles. The molecule has 6 nitrogen and oxygen atoms in total. The molecule has 1 aliphatic heterocycles. The minimum absolute atomic E-state index is 0.0707. The number of likely N-dealkylation sites (tertiary alicyclic amines) is 1. The highest BCUT2D eigenvalue weighted by molar-refractivity contribution is 5.91. The molecule has 168 valence electrons. The summed E-state index contributed by atoms with van der Waals surface area (Å²) >= 11 is 0. The second kappa shape index (κ2) is 10.0. The lowest BCUT2D eigenvalue weighted by atomic mass is 9.87. The summed E-state index contributed by atoms with van der Waals surface area (Å²) in [5.41, 5.74) is 1.40. The molecular weight excluding hydrogens is 392 g/mol. The Labute approximate surface area is 184 Å². The van der Waals surface area contributed by atoms with Crippen LogP contribution >= 0.6 is 0 Å². The number of amides is 2. The zero-order valence-electron chi connectivity index (χ0n) is 19.1. The fraction of sp³-hybridized carbons (Fsp3) is 0.520. The van der Waals surface area contributed by atoms with E-state index in [2.05, 4.69) is 38.2 Å². The molecule has 3 rings (SSSR count). The van der Waals surface area contributed by atoms with E-state index in [0.717, 1.165) is 24.4 Å². The van der Waals surface area contributed by atoms with Gasteiger partial charge in [-0.25, -0.2) is 0 Å². The molecule has 0 bridgehead atoms. The lowest BCUT2D eigenvalue weighted by Gasteiger charge is -2.32. The van der Waals surface area contributed by atoms with Gasteiger partial charge in [0.05, 0.1) is 6.61 Å². The average Bonchev–Trinajstić information content (AvgIpc) is 3.18. The number of nitrogens with one attached hydrogen (secondary N) is 1. The van der Waals surface area contributed by atoms with Crippen molar-refractivity contribution in [1.82, 2.24) is 10.2 Å². The fourth-order valence-electron chi connectivity index (χ4n) is 3.71. The van der Waals surface area contributed by atoms with Gasteiger partial charge in [0.2, 0.25) is 5.91 Å². The highest BCUT2D eigenvalue weighted by Gasteiger charge is 2.24. The predicted molar refractivity (Wildman–Crippen MR) is 120 cm³/mol. The van der Waals surface area contributed by atoms with Gasteiger partial charge in [0.25, 0.3) is 5.91 Å². The molecule has 0 aliphatic carbocycles. The third kappa shape index (κ3) is 6.61. The number of ether oxygens (including phenoxy) is 1. The Morgan fingerprint density at radius 3 is 2.35 bits per heavy atom. The van der Waals surface area contributed by atoms with Crippen molar-refractivity contribution in [3.05, 3.63) is 53.5 Å². The molecule has 31 heavy (non-hydrogen) atoms. The van der Waals surface area contributed by atoms with Crippen molar-refractivity contribution in [1.29, 1.82) is 0 Å². The quantitative estimate of drug-likeness (QED) is 0.663. The summed E-state index contributed by atoms with van der Waals surface area (Å²) in [6, 6.07) is 11.7. The standard InChI is InChI=1S/C25H34N2O4/c1-18-7-12-22(31-18)24(29)26-20-13-15-27(16-14-20)23(28)6-5-17-30-21-10-8-19(9-11-21)25(2,3)4/h7-12,20H,5-6,13-17H2,1-4H3,(H,26,29). The van der Waals surface area contributed by atoms with Crippen molar-refractivity contribution in [2.75, 3.05) is 19.7 Å². The second-order valence-corrected chi connectivity index (χ2v) is 9.27. The van der Waals surface area contributed by atoms with E-state index in [-0.39, 0.29) is 23.3 Å². The Morgan fingerprint density at radius 2 is 1.77 bits per heavy atom. The fourth-order valence-corrected chi connectivity index (χ4v) is 3.71. The van der Waals surface area contributed by atoms with Gasteiger partial charge in [0.1, 0.15) is 11.5 Å². The Kier molecular flexibility index (Phi) is 7.42. The average molecular weight is 427 g/mol. The van der Waals surface area contributed by atoms with Crippen molar-refractivity contribution >= 4 is 11.8 Å². The van der Waals surface area contributed by atoms with Crippen LogP contribution in [0.25, 0.3) is 0 Å². The van der Waals surface area contributed by atoms with Crippen LogP contribution in [0, 0.1) is 6.92 Å². The van der Waals surface area contributed by atoms with Crippen LogP contribution < -0.4 is 10.1 Å². The van der Waals surface area contributed by atoms with E-state index < -0.39 is 0 Å². The lowest BCUT2D eigenvalue weighted by molar-refractivity contribution is -0.132. The van der Waals surface area contributed by atoms with E-state index in [1.54, 1.807) is 12.1 Å². The number of furan rings is 1. The van der Waals surface area contributed by atoms with Crippen molar-refractivity contribution in [3.63, 3.8) is 0 Å². The van der Waals surface area contributed by atoms with Crippen LogP contribution in [0.2, 0.25) is 0 Å². The van der Waals surface area contributed by atoms with E-state index >= 15 is 0 Å². The zero-order chi connectivity index (χ0) is 22.4. The van der Waals surface area contributed by atoms with Gasteiger partial charge in [0, 0.05) is 25.6 Å². The lowest BCUT2D eigenvalue weighted by Crippen LogP contribution is -2.46. The molecule has 1 N–H and O–H groups in total. The van der Waals surface area contributed by atoms with Gasteiger partial charge in [-0.3, -0.25) is 9.59 Å². The van der Waals surface area contributed by atoms with Crippen LogP contribution in [0.3, 0.4) is 0 Å². The monoisotopic (exact) mass is 426 g/mol. The number of nitrogens with zero attached hydrogens (tertiary/aromatic N) is 1. The van der Waals surface area contributed by atoms with E-state index in [1.807, 2.05) is 24.0 Å². The first kappa shape index (κ1) is 22.9. The van der Waals surface area contributed by atoms with E-state index in [9.17, 15) is 9.59 Å². The number of carbonyl (C=O) groups is 2. The highest BCUT2D eigenvalue weighted by atomic mass is 16.5. The maximum Gasteiger partial charge on any atom is 0.287 e. The van der Waals surface area contributed by atoms with Crippen LogP contribution in [0.4, 0.5) is 0 Å². The maximum absolute atomic E-state index is 12.5. The number of hydrogen-bond acceptors (Lipinski definition) is 4. The second-order valence-electron chi connectivity index (χ2n) is 9.27. The first-order valence-electron chi connectivity index (χ1n) is 11.1. The third-order valence-electron chi connectivity index (χ3n) is 5.67. The highest BCUT2D eigenvalue weighted by Crippen LogP contribution is 2.24. The summed E-state index contributed by atoms with van der Waals surface area (Å²) in [7, 11) is 0. The molecule has 0 unspecified atom stereocenters. The van der Waals surface area contributed by atoms with Crippen LogP contribution in [-0.4, -0.2) is 42.5 Å². The smallest absolute Gasteiger partial charge is 0.287 e. The SMILES string of the molecule is Cc1ccc(C(=O)NC2CCN(C(=O)CCCOc3ccc(C(C)(C)C)cc3)CC2)o1. The predicted octanol–water partition coefficient (Wildman–Crippen LogP) is 4.47. The minimum Gasteiger partial charge on any atom is -0.494 e. The molecule has 0 radical (unpaired) electrons. The number of piperidine rings is 1. The van der Waals surface area contributed by atoms with Gasteiger partial charge in [-0.2, -0.15) is 0 Å². The maximum atomic E-state index is 12.5. The summed E-state index contributed by atoms with van der Waals surface area (Å²) in [6.45, 7) is 10.2. The van der Waals surface area contributed by atoms with Crippen molar-refractivity contribution < 1.29 is 18.7 Å². The van der Waals surface area contributed by atoms with Gasteiger partial charge in [-0.15, -0.1) is 0 Å². The van der Waals surface area contributed by atoms with Gasteiger partial charge < -0.3 is 19.4 Å². The molecule has 0 atom stereocenters. The number of hydrogen-bond donors (Lipinski definition) is 1. The molecule has 2 aromatic rings. The molecule has 1 aromatic carbocycles. The van der Waals surface area contributed by atoms with Crippen molar-refractivity contribution in [2.24, 2.45) is 0 Å². The number of rotatable bonds is 7. The molecular formula is C25H34N2O4. The summed E-state index contributed by atoms with van der Waals surface area (Å²) in [5.74, 6) is 1.85. The first-order valence-corrected chi connectivity index (χ1v) is 11.1. The van der Waals surface area contributed by atoms with Crippen LogP contribution in [0.1, 0.15) is 68.3 Å². The molecule has 0 spiro atoms. The molecule has 2 amide bonds. The number of carbonyl (C=O) groups excluding carboxylic acids is 2. The van der Waals surface area contributed by atoms with Gasteiger partial charge in [-0.05, 0) is 61.4 Å². The first-order chi connectivity index (χ1) is 14.7. The Hall–Kier alpha value is -2.76. The number of benzene rings is 1. The van der Waals surface area contributed by atoms with E-state index in [0.29, 0.717) is 38.3 Å². The normalized spacial score (nSPS) is 15.0. The third-order valence-corrected chi connectivity index (χ3v) is 5.67. The molecule has 1 saturated heterocycles. The summed E-state index contributed by atoms with van der Waals surface area (Å²) in [5, 5.41) is 3.00. The molecule has 2 heterocycles. The van der Waals surface area contributed by atoms with Gasteiger partial charge in [-0.1, -0.05) is 32.9 Å². The van der Waals surface area contributed by atoms with Crippen LogP contribution in [-0.2, 0) is 10.2 Å². The largest absolute Gasteiger partial charge is 0.494 e. The summed E-state index contributed by atoms with van der Waals surface area (Å²) in [4.78, 5) is 26.6. The Balaban J connectivity index is 1.33. The van der Waals surface area contributed by atoms with Gasteiger partial charge in [0.15, 0.2) is 5.76 Å². The van der Waals surface area contributed by atoms with Gasteiger partial charge >= 0.3 is 0 Å². The molecule has 1 aliphatic rings. The summed E-state index contributed by atoms with van der Waals surface area (Å²) in [6.07, 6.45) is 2.68. The minimum atomic E-state index is -0.189.